The molecule has 0 saturated carbocycles. The standard InChI is InChI=1S/C12H22N2O2/c1-9-2-5-14(11(9)8-13)12(15)10-3-6-16-7-4-10/h9-11H,2-8,13H2,1H3. The van der Waals surface area contributed by atoms with Crippen LogP contribution in [0.1, 0.15) is 26.2 Å². The third-order valence-electron chi connectivity index (χ3n) is 3.98. The van der Waals surface area contributed by atoms with Crippen LogP contribution in [-0.4, -0.2) is 43.2 Å². The predicted molar refractivity (Wildman–Crippen MR) is 61.9 cm³/mol. The van der Waals surface area contributed by atoms with Gasteiger partial charge in [-0.25, -0.2) is 0 Å². The number of rotatable bonds is 2. The zero-order chi connectivity index (χ0) is 11.5. The lowest BCUT2D eigenvalue weighted by atomic mass is 9.97. The van der Waals surface area contributed by atoms with Gasteiger partial charge in [-0.3, -0.25) is 4.79 Å². The Kier molecular flexibility index (Phi) is 3.82. The van der Waals surface area contributed by atoms with Crippen LogP contribution in [0.25, 0.3) is 0 Å². The van der Waals surface area contributed by atoms with Crippen LogP contribution in [0.3, 0.4) is 0 Å². The Morgan fingerprint density at radius 3 is 2.69 bits per heavy atom. The highest BCUT2D eigenvalue weighted by Crippen LogP contribution is 2.27. The van der Waals surface area contributed by atoms with Gasteiger partial charge < -0.3 is 15.4 Å². The largest absolute Gasteiger partial charge is 0.381 e. The Bertz CT molecular complexity index is 251. The summed E-state index contributed by atoms with van der Waals surface area (Å²) in [4.78, 5) is 14.3. The van der Waals surface area contributed by atoms with Crippen molar-refractivity contribution < 1.29 is 9.53 Å². The highest BCUT2D eigenvalue weighted by Gasteiger charge is 2.36. The molecule has 0 aromatic rings. The summed E-state index contributed by atoms with van der Waals surface area (Å²) in [6, 6.07) is 0.260. The first-order valence-electron chi connectivity index (χ1n) is 6.32. The quantitative estimate of drug-likeness (QED) is 0.750. The summed E-state index contributed by atoms with van der Waals surface area (Å²) in [7, 11) is 0. The molecule has 2 rings (SSSR count). The molecule has 2 unspecified atom stereocenters. The first-order valence-corrected chi connectivity index (χ1v) is 6.32. The number of carbonyl (C=O) groups is 1. The van der Waals surface area contributed by atoms with Crippen molar-refractivity contribution >= 4 is 5.91 Å². The first kappa shape index (κ1) is 11.9. The Balaban J connectivity index is 1.97. The van der Waals surface area contributed by atoms with Crippen LogP contribution in [0, 0.1) is 11.8 Å². The van der Waals surface area contributed by atoms with Gasteiger partial charge >= 0.3 is 0 Å². The molecule has 2 aliphatic rings. The molecule has 0 aliphatic carbocycles. The highest BCUT2D eigenvalue weighted by molar-refractivity contribution is 5.79. The van der Waals surface area contributed by atoms with Crippen molar-refractivity contribution in [1.29, 1.82) is 0 Å². The van der Waals surface area contributed by atoms with Crippen LogP contribution in [0.15, 0.2) is 0 Å². The number of hydrogen-bond donors (Lipinski definition) is 1. The van der Waals surface area contributed by atoms with Gasteiger partial charge in [-0.1, -0.05) is 6.92 Å². The molecule has 1 amide bonds. The van der Waals surface area contributed by atoms with Gasteiger partial charge in [-0.2, -0.15) is 0 Å². The van der Waals surface area contributed by atoms with E-state index in [-0.39, 0.29) is 12.0 Å². The number of nitrogens with two attached hydrogens (primary N) is 1. The van der Waals surface area contributed by atoms with Crippen LogP contribution in [0.2, 0.25) is 0 Å². The van der Waals surface area contributed by atoms with Gasteiger partial charge in [-0.15, -0.1) is 0 Å². The Morgan fingerprint density at radius 2 is 2.06 bits per heavy atom. The van der Waals surface area contributed by atoms with Gasteiger partial charge in [0.05, 0.1) is 0 Å². The molecule has 2 atom stereocenters. The number of hydrogen-bond acceptors (Lipinski definition) is 3. The van der Waals surface area contributed by atoms with Crippen molar-refractivity contribution in [2.45, 2.75) is 32.2 Å². The summed E-state index contributed by atoms with van der Waals surface area (Å²) >= 11 is 0. The van der Waals surface area contributed by atoms with Gasteiger partial charge in [-0.05, 0) is 25.2 Å². The molecule has 2 heterocycles. The molecule has 4 nitrogen and oxygen atoms in total. The number of ether oxygens (including phenoxy) is 1. The number of likely N-dealkylation sites (tertiary alicyclic amines) is 1. The monoisotopic (exact) mass is 226 g/mol. The molecule has 92 valence electrons. The second kappa shape index (κ2) is 5.15. The summed E-state index contributed by atoms with van der Waals surface area (Å²) in [6.07, 6.45) is 2.85. The van der Waals surface area contributed by atoms with E-state index in [9.17, 15) is 4.79 Å². The lowest BCUT2D eigenvalue weighted by molar-refractivity contribution is -0.139. The molecule has 2 fully saturated rings. The topological polar surface area (TPSA) is 55.6 Å². The summed E-state index contributed by atoms with van der Waals surface area (Å²) < 4.78 is 5.29. The van der Waals surface area contributed by atoms with Gasteiger partial charge in [0.15, 0.2) is 0 Å². The minimum atomic E-state index is 0.174. The molecule has 0 radical (unpaired) electrons. The Morgan fingerprint density at radius 1 is 1.38 bits per heavy atom. The molecule has 0 spiro atoms. The van der Waals surface area contributed by atoms with E-state index in [1.54, 1.807) is 0 Å². The van der Waals surface area contributed by atoms with E-state index in [0.29, 0.717) is 18.4 Å². The van der Waals surface area contributed by atoms with Crippen LogP contribution in [0.5, 0.6) is 0 Å². The van der Waals surface area contributed by atoms with Crippen molar-refractivity contribution in [1.82, 2.24) is 4.90 Å². The Hall–Kier alpha value is -0.610. The van der Waals surface area contributed by atoms with Crippen molar-refractivity contribution in [2.24, 2.45) is 17.6 Å². The fourth-order valence-electron chi connectivity index (χ4n) is 2.82. The van der Waals surface area contributed by atoms with E-state index in [1.807, 2.05) is 4.90 Å². The zero-order valence-electron chi connectivity index (χ0n) is 10.0. The summed E-state index contributed by atoms with van der Waals surface area (Å²) in [5, 5.41) is 0. The zero-order valence-corrected chi connectivity index (χ0v) is 10.0. The van der Waals surface area contributed by atoms with E-state index in [2.05, 4.69) is 6.92 Å². The Labute approximate surface area is 97.1 Å². The third kappa shape index (κ3) is 2.23. The smallest absolute Gasteiger partial charge is 0.226 e. The van der Waals surface area contributed by atoms with Gasteiger partial charge in [0.1, 0.15) is 0 Å². The molecule has 2 aliphatic heterocycles. The molecular weight excluding hydrogens is 204 g/mol. The number of nitrogens with zero attached hydrogens (tertiary/aromatic N) is 1. The second-order valence-electron chi connectivity index (χ2n) is 4.99. The summed E-state index contributed by atoms with van der Waals surface area (Å²) in [6.45, 7) is 5.13. The molecule has 2 saturated heterocycles. The van der Waals surface area contributed by atoms with Crippen molar-refractivity contribution in [3.8, 4) is 0 Å². The van der Waals surface area contributed by atoms with Crippen LogP contribution in [-0.2, 0) is 9.53 Å². The average molecular weight is 226 g/mol. The molecule has 0 aromatic heterocycles. The molecular formula is C12H22N2O2. The minimum Gasteiger partial charge on any atom is -0.381 e. The normalized spacial score (nSPS) is 32.0. The van der Waals surface area contributed by atoms with Crippen LogP contribution < -0.4 is 5.73 Å². The number of carbonyl (C=O) groups excluding carboxylic acids is 1. The maximum atomic E-state index is 12.3. The van der Waals surface area contributed by atoms with E-state index < -0.39 is 0 Å². The van der Waals surface area contributed by atoms with Crippen molar-refractivity contribution in [3.05, 3.63) is 0 Å². The SMILES string of the molecule is CC1CCN(C(=O)C2CCOCC2)C1CN. The highest BCUT2D eigenvalue weighted by atomic mass is 16.5. The van der Waals surface area contributed by atoms with E-state index >= 15 is 0 Å². The summed E-state index contributed by atoms with van der Waals surface area (Å²) in [5.41, 5.74) is 5.76. The van der Waals surface area contributed by atoms with Gasteiger partial charge in [0, 0.05) is 38.3 Å². The first-order chi connectivity index (χ1) is 7.74. The molecule has 4 heteroatoms. The van der Waals surface area contributed by atoms with E-state index in [1.165, 1.54) is 0 Å². The van der Waals surface area contributed by atoms with E-state index in [0.717, 1.165) is 39.0 Å². The third-order valence-corrected chi connectivity index (χ3v) is 3.98. The maximum absolute atomic E-state index is 12.3. The van der Waals surface area contributed by atoms with Crippen molar-refractivity contribution in [2.75, 3.05) is 26.3 Å². The fraction of sp³-hybridized carbons (Fsp3) is 0.917. The second-order valence-corrected chi connectivity index (χ2v) is 4.99. The van der Waals surface area contributed by atoms with Gasteiger partial charge in [0.2, 0.25) is 5.91 Å². The fourth-order valence-corrected chi connectivity index (χ4v) is 2.82. The number of amides is 1. The average Bonchev–Trinajstić information content (AvgIpc) is 2.70. The van der Waals surface area contributed by atoms with Gasteiger partial charge in [0.25, 0.3) is 0 Å². The van der Waals surface area contributed by atoms with E-state index in [4.69, 9.17) is 10.5 Å². The minimum absolute atomic E-state index is 0.174. The maximum Gasteiger partial charge on any atom is 0.226 e. The van der Waals surface area contributed by atoms with Crippen molar-refractivity contribution in [3.63, 3.8) is 0 Å². The summed E-state index contributed by atoms with van der Waals surface area (Å²) in [5.74, 6) is 1.03. The predicted octanol–water partition coefficient (Wildman–Crippen LogP) is 0.609. The lowest BCUT2D eigenvalue weighted by Crippen LogP contribution is -2.45. The lowest BCUT2D eigenvalue weighted by Gasteiger charge is -2.31. The van der Waals surface area contributed by atoms with Crippen LogP contribution in [0.4, 0.5) is 0 Å². The molecule has 2 N–H and O–H groups in total. The molecule has 16 heavy (non-hydrogen) atoms. The molecule has 0 aromatic carbocycles. The van der Waals surface area contributed by atoms with Crippen LogP contribution >= 0.6 is 0 Å². The molecule has 0 bridgehead atoms.